The van der Waals surface area contributed by atoms with E-state index in [2.05, 4.69) is 20.2 Å². The van der Waals surface area contributed by atoms with Gasteiger partial charge in [0, 0.05) is 5.69 Å². The Labute approximate surface area is 148 Å². The number of rotatable bonds is 6. The van der Waals surface area contributed by atoms with Crippen molar-refractivity contribution in [3.05, 3.63) is 40.7 Å². The van der Waals surface area contributed by atoms with Gasteiger partial charge in [0.1, 0.15) is 4.90 Å². The van der Waals surface area contributed by atoms with Gasteiger partial charge < -0.3 is 5.32 Å². The molecule has 7 nitrogen and oxygen atoms in total. The second-order valence-corrected chi connectivity index (χ2v) is 8.03. The molecule has 0 spiro atoms. The van der Waals surface area contributed by atoms with Crippen molar-refractivity contribution in [2.45, 2.75) is 45.4 Å². The summed E-state index contributed by atoms with van der Waals surface area (Å²) in [6.07, 6.45) is 0. The topological polar surface area (TPSA) is 104 Å². The second-order valence-electron chi connectivity index (χ2n) is 6.33. The Morgan fingerprint density at radius 2 is 1.92 bits per heavy atom. The Kier molecular flexibility index (Phi) is 5.64. The first-order valence-corrected chi connectivity index (χ1v) is 9.52. The van der Waals surface area contributed by atoms with E-state index in [-0.39, 0.29) is 17.4 Å². The molecule has 0 radical (unpaired) electrons. The minimum Gasteiger partial charge on any atom is -0.324 e. The van der Waals surface area contributed by atoms with Crippen LogP contribution in [0.4, 0.5) is 5.69 Å². The first-order valence-electron chi connectivity index (χ1n) is 8.04. The van der Waals surface area contributed by atoms with Crippen molar-refractivity contribution in [3.8, 4) is 0 Å². The number of carbonyl (C=O) groups excluding carboxylic acids is 1. The van der Waals surface area contributed by atoms with Gasteiger partial charge >= 0.3 is 0 Å². The van der Waals surface area contributed by atoms with Gasteiger partial charge in [-0.05, 0) is 37.8 Å². The van der Waals surface area contributed by atoms with Gasteiger partial charge in [0.2, 0.25) is 15.9 Å². The van der Waals surface area contributed by atoms with Crippen LogP contribution in [0.3, 0.4) is 0 Å². The summed E-state index contributed by atoms with van der Waals surface area (Å²) in [6.45, 7) is 8.86. The predicted octanol–water partition coefficient (Wildman–Crippen LogP) is 2.38. The average Bonchev–Trinajstić information content (AvgIpc) is 2.87. The molecule has 0 fully saturated rings. The number of H-pyrrole nitrogens is 1. The van der Waals surface area contributed by atoms with Crippen molar-refractivity contribution >= 4 is 21.6 Å². The van der Waals surface area contributed by atoms with Crippen LogP contribution in [0, 0.1) is 20.8 Å². The molecule has 0 bridgehead atoms. The molecule has 0 saturated carbocycles. The van der Waals surface area contributed by atoms with E-state index in [4.69, 9.17) is 0 Å². The normalized spacial score (nSPS) is 11.8. The highest BCUT2D eigenvalue weighted by atomic mass is 32.2. The number of hydrogen-bond donors (Lipinski definition) is 3. The van der Waals surface area contributed by atoms with Gasteiger partial charge in [-0.1, -0.05) is 32.0 Å². The molecule has 1 heterocycles. The largest absolute Gasteiger partial charge is 0.324 e. The highest BCUT2D eigenvalue weighted by molar-refractivity contribution is 7.89. The fraction of sp³-hybridized carbons (Fsp3) is 0.412. The maximum absolute atomic E-state index is 12.4. The number of sulfonamides is 1. The molecule has 25 heavy (non-hydrogen) atoms. The van der Waals surface area contributed by atoms with E-state index < -0.39 is 15.9 Å². The molecule has 0 aliphatic heterocycles. The van der Waals surface area contributed by atoms with Crippen LogP contribution in [-0.2, 0) is 14.8 Å². The van der Waals surface area contributed by atoms with Gasteiger partial charge in [-0.25, -0.2) is 13.1 Å². The Morgan fingerprint density at radius 1 is 1.24 bits per heavy atom. The molecule has 8 heteroatoms. The number of benzene rings is 1. The third kappa shape index (κ3) is 4.26. The number of aromatic amines is 1. The van der Waals surface area contributed by atoms with Crippen LogP contribution in [-0.4, -0.2) is 31.1 Å². The lowest BCUT2D eigenvalue weighted by atomic mass is 9.98. The number of para-hydroxylation sites is 1. The maximum Gasteiger partial charge on any atom is 0.244 e. The van der Waals surface area contributed by atoms with Crippen LogP contribution in [0.25, 0.3) is 0 Å². The minimum atomic E-state index is -3.81. The number of aromatic nitrogens is 2. The minimum absolute atomic E-state index is 0.0825. The number of carbonyl (C=O) groups is 1. The monoisotopic (exact) mass is 364 g/mol. The molecule has 2 aromatic rings. The van der Waals surface area contributed by atoms with Gasteiger partial charge in [0.15, 0.2) is 0 Å². The van der Waals surface area contributed by atoms with E-state index in [9.17, 15) is 13.2 Å². The fourth-order valence-corrected chi connectivity index (χ4v) is 4.04. The molecule has 0 atom stereocenters. The van der Waals surface area contributed by atoms with Gasteiger partial charge in [-0.2, -0.15) is 5.10 Å². The zero-order valence-electron chi connectivity index (χ0n) is 15.1. The summed E-state index contributed by atoms with van der Waals surface area (Å²) in [4.78, 5) is 12.3. The predicted molar refractivity (Wildman–Crippen MR) is 97.1 cm³/mol. The zero-order chi connectivity index (χ0) is 18.8. The van der Waals surface area contributed by atoms with Crippen molar-refractivity contribution in [1.82, 2.24) is 14.9 Å². The number of hydrogen-bond acceptors (Lipinski definition) is 4. The van der Waals surface area contributed by atoms with Gasteiger partial charge in [0.05, 0.1) is 17.9 Å². The van der Waals surface area contributed by atoms with E-state index in [0.29, 0.717) is 11.4 Å². The van der Waals surface area contributed by atoms with Gasteiger partial charge in [-0.3, -0.25) is 9.89 Å². The van der Waals surface area contributed by atoms with E-state index in [1.54, 1.807) is 13.8 Å². The summed E-state index contributed by atoms with van der Waals surface area (Å²) in [5.41, 5.74) is 3.48. The standard InChI is InChI=1S/C17H24N4O3S/c1-10(2)14-8-6-7-11(3)16(14)19-15(22)9-18-25(23,24)17-12(4)20-21-13(17)5/h6-8,10,18H,9H2,1-5H3,(H,19,22)(H,20,21). The Hall–Kier alpha value is -2.19. The fourth-order valence-electron chi connectivity index (χ4n) is 2.70. The molecule has 2 rings (SSSR count). The molecule has 0 unspecified atom stereocenters. The van der Waals surface area contributed by atoms with Gasteiger partial charge in [0.25, 0.3) is 0 Å². The molecule has 1 aromatic heterocycles. The van der Waals surface area contributed by atoms with Crippen molar-refractivity contribution in [1.29, 1.82) is 0 Å². The number of nitrogens with one attached hydrogen (secondary N) is 3. The smallest absolute Gasteiger partial charge is 0.244 e. The molecule has 0 aliphatic carbocycles. The third-order valence-electron chi connectivity index (χ3n) is 3.94. The summed E-state index contributed by atoms with van der Waals surface area (Å²) in [5, 5.41) is 9.32. The van der Waals surface area contributed by atoms with Crippen molar-refractivity contribution in [2.75, 3.05) is 11.9 Å². The molecular formula is C17H24N4O3S. The van der Waals surface area contributed by atoms with Crippen LogP contribution in [0.5, 0.6) is 0 Å². The highest BCUT2D eigenvalue weighted by Crippen LogP contribution is 2.27. The molecule has 0 aliphatic rings. The molecular weight excluding hydrogens is 340 g/mol. The number of aryl methyl sites for hydroxylation is 3. The third-order valence-corrected chi connectivity index (χ3v) is 5.61. The van der Waals surface area contributed by atoms with Crippen molar-refractivity contribution in [3.63, 3.8) is 0 Å². The van der Waals surface area contributed by atoms with E-state index in [1.807, 2.05) is 39.0 Å². The van der Waals surface area contributed by atoms with E-state index >= 15 is 0 Å². The lowest BCUT2D eigenvalue weighted by Gasteiger charge is -2.16. The molecule has 1 aromatic carbocycles. The number of anilines is 1. The van der Waals surface area contributed by atoms with E-state index in [0.717, 1.165) is 16.8 Å². The molecule has 136 valence electrons. The van der Waals surface area contributed by atoms with Crippen molar-refractivity contribution < 1.29 is 13.2 Å². The second kappa shape index (κ2) is 7.37. The van der Waals surface area contributed by atoms with Crippen LogP contribution in [0.2, 0.25) is 0 Å². The van der Waals surface area contributed by atoms with Crippen molar-refractivity contribution in [2.24, 2.45) is 0 Å². The van der Waals surface area contributed by atoms with Crippen LogP contribution >= 0.6 is 0 Å². The van der Waals surface area contributed by atoms with Crippen LogP contribution < -0.4 is 10.0 Å². The summed E-state index contributed by atoms with van der Waals surface area (Å²) in [7, 11) is -3.81. The Morgan fingerprint density at radius 3 is 2.48 bits per heavy atom. The molecule has 0 saturated heterocycles. The molecule has 1 amide bonds. The summed E-state index contributed by atoms with van der Waals surface area (Å²) >= 11 is 0. The number of amides is 1. The summed E-state index contributed by atoms with van der Waals surface area (Å²) in [6, 6.07) is 5.80. The average molecular weight is 364 g/mol. The highest BCUT2D eigenvalue weighted by Gasteiger charge is 2.23. The SMILES string of the molecule is Cc1cccc(C(C)C)c1NC(=O)CNS(=O)(=O)c1c(C)n[nH]c1C. The molecule has 3 N–H and O–H groups in total. The first kappa shape index (κ1) is 19.1. The summed E-state index contributed by atoms with van der Waals surface area (Å²) < 4.78 is 27.1. The zero-order valence-corrected chi connectivity index (χ0v) is 15.9. The lowest BCUT2D eigenvalue weighted by Crippen LogP contribution is -2.33. The quantitative estimate of drug-likeness (QED) is 0.732. The maximum atomic E-state index is 12.4. The van der Waals surface area contributed by atoms with Gasteiger partial charge in [-0.15, -0.1) is 0 Å². The first-order chi connectivity index (χ1) is 11.6. The number of nitrogens with zero attached hydrogens (tertiary/aromatic N) is 1. The van der Waals surface area contributed by atoms with Crippen LogP contribution in [0.15, 0.2) is 23.1 Å². The Bertz CT molecular complexity index is 866. The van der Waals surface area contributed by atoms with E-state index in [1.165, 1.54) is 0 Å². The summed E-state index contributed by atoms with van der Waals surface area (Å²) in [5.74, 6) is -0.179. The lowest BCUT2D eigenvalue weighted by molar-refractivity contribution is -0.115. The Balaban J connectivity index is 2.12. The van der Waals surface area contributed by atoms with Crippen LogP contribution in [0.1, 0.15) is 42.3 Å².